The fourth-order valence-electron chi connectivity index (χ4n) is 4.50. The maximum atomic E-state index is 6.34. The van der Waals surface area contributed by atoms with Crippen LogP contribution in [-0.4, -0.2) is 29.2 Å². The van der Waals surface area contributed by atoms with Gasteiger partial charge in [0, 0.05) is 12.2 Å². The van der Waals surface area contributed by atoms with Crippen molar-refractivity contribution in [3.05, 3.63) is 41.7 Å². The molecule has 0 spiro atoms. The van der Waals surface area contributed by atoms with Crippen molar-refractivity contribution < 1.29 is 9.47 Å². The SMILES string of the molecule is COc1ccc(C2(C#Cc3ccnc(N)n3)CCC(N)CC2)cc1OC1CCCC1. The second-order valence-corrected chi connectivity index (χ2v) is 8.36. The average molecular weight is 407 g/mol. The van der Waals surface area contributed by atoms with Crippen molar-refractivity contribution in [1.82, 2.24) is 9.97 Å². The molecule has 2 aromatic rings. The summed E-state index contributed by atoms with van der Waals surface area (Å²) in [7, 11) is 1.69. The Morgan fingerprint density at radius 1 is 1.07 bits per heavy atom. The van der Waals surface area contributed by atoms with Crippen LogP contribution in [0.2, 0.25) is 0 Å². The number of rotatable bonds is 4. The number of hydrogen-bond acceptors (Lipinski definition) is 6. The summed E-state index contributed by atoms with van der Waals surface area (Å²) >= 11 is 0. The average Bonchev–Trinajstić information content (AvgIpc) is 3.27. The quantitative estimate of drug-likeness (QED) is 0.754. The Morgan fingerprint density at radius 3 is 2.53 bits per heavy atom. The Balaban J connectivity index is 1.70. The minimum absolute atomic E-state index is 0.224. The lowest BCUT2D eigenvalue weighted by molar-refractivity contribution is 0.200. The smallest absolute Gasteiger partial charge is 0.221 e. The first-order chi connectivity index (χ1) is 14.6. The molecule has 30 heavy (non-hydrogen) atoms. The summed E-state index contributed by atoms with van der Waals surface area (Å²) in [6, 6.07) is 8.24. The van der Waals surface area contributed by atoms with Crippen LogP contribution >= 0.6 is 0 Å². The number of benzene rings is 1. The van der Waals surface area contributed by atoms with Gasteiger partial charge >= 0.3 is 0 Å². The van der Waals surface area contributed by atoms with Crippen LogP contribution in [0.15, 0.2) is 30.5 Å². The third-order valence-corrected chi connectivity index (χ3v) is 6.30. The molecule has 0 atom stereocenters. The highest BCUT2D eigenvalue weighted by molar-refractivity contribution is 5.49. The maximum absolute atomic E-state index is 6.34. The molecule has 0 amide bonds. The monoisotopic (exact) mass is 406 g/mol. The van der Waals surface area contributed by atoms with Gasteiger partial charge in [-0.2, -0.15) is 0 Å². The van der Waals surface area contributed by atoms with Gasteiger partial charge in [-0.05, 0) is 81.0 Å². The van der Waals surface area contributed by atoms with Crippen molar-refractivity contribution in [3.8, 4) is 23.3 Å². The van der Waals surface area contributed by atoms with E-state index < -0.39 is 0 Å². The van der Waals surface area contributed by atoms with Crippen molar-refractivity contribution in [2.75, 3.05) is 12.8 Å². The predicted molar refractivity (Wildman–Crippen MR) is 117 cm³/mol. The summed E-state index contributed by atoms with van der Waals surface area (Å²) in [6.07, 6.45) is 10.2. The number of hydrogen-bond donors (Lipinski definition) is 2. The molecule has 4 N–H and O–H groups in total. The first-order valence-electron chi connectivity index (χ1n) is 10.8. The molecule has 4 rings (SSSR count). The number of nitrogen functional groups attached to an aromatic ring is 1. The van der Waals surface area contributed by atoms with Crippen LogP contribution < -0.4 is 20.9 Å². The Kier molecular flexibility index (Phi) is 6.10. The zero-order valence-electron chi connectivity index (χ0n) is 17.6. The molecule has 1 aromatic heterocycles. The van der Waals surface area contributed by atoms with E-state index in [1.165, 1.54) is 12.8 Å². The third-order valence-electron chi connectivity index (χ3n) is 6.30. The van der Waals surface area contributed by atoms with Gasteiger partial charge in [0.05, 0.1) is 18.6 Å². The van der Waals surface area contributed by atoms with Gasteiger partial charge < -0.3 is 20.9 Å². The lowest BCUT2D eigenvalue weighted by atomic mass is 9.68. The van der Waals surface area contributed by atoms with Gasteiger partial charge in [-0.25, -0.2) is 9.97 Å². The Bertz CT molecular complexity index is 936. The number of ether oxygens (including phenoxy) is 2. The number of nitrogens with two attached hydrogens (primary N) is 2. The van der Waals surface area contributed by atoms with Gasteiger partial charge in [0.25, 0.3) is 0 Å². The van der Waals surface area contributed by atoms with Crippen molar-refractivity contribution in [1.29, 1.82) is 0 Å². The van der Waals surface area contributed by atoms with E-state index in [4.69, 9.17) is 20.9 Å². The second-order valence-electron chi connectivity index (χ2n) is 8.36. The molecule has 0 bridgehead atoms. The van der Waals surface area contributed by atoms with Crippen LogP contribution in [0.3, 0.4) is 0 Å². The van der Waals surface area contributed by atoms with E-state index in [0.717, 1.165) is 55.6 Å². The topological polar surface area (TPSA) is 96.3 Å². The molecule has 158 valence electrons. The number of nitrogens with zero attached hydrogens (tertiary/aromatic N) is 2. The molecule has 0 radical (unpaired) electrons. The van der Waals surface area contributed by atoms with Gasteiger partial charge in [0.15, 0.2) is 11.5 Å². The summed E-state index contributed by atoms with van der Waals surface area (Å²) in [6.45, 7) is 0. The van der Waals surface area contributed by atoms with Gasteiger partial charge in [-0.3, -0.25) is 0 Å². The van der Waals surface area contributed by atoms with Crippen LogP contribution in [0.5, 0.6) is 11.5 Å². The minimum atomic E-state index is -0.296. The number of aromatic nitrogens is 2. The van der Waals surface area contributed by atoms with E-state index in [-0.39, 0.29) is 23.5 Å². The largest absolute Gasteiger partial charge is 0.493 e. The number of methoxy groups -OCH3 is 1. The van der Waals surface area contributed by atoms with E-state index in [0.29, 0.717) is 5.69 Å². The van der Waals surface area contributed by atoms with Gasteiger partial charge in [0.1, 0.15) is 5.69 Å². The van der Waals surface area contributed by atoms with Crippen LogP contribution in [0.4, 0.5) is 5.95 Å². The van der Waals surface area contributed by atoms with Crippen LogP contribution in [0.25, 0.3) is 0 Å². The lowest BCUT2D eigenvalue weighted by Gasteiger charge is -2.36. The summed E-state index contributed by atoms with van der Waals surface area (Å²) in [5, 5.41) is 0. The molecule has 0 unspecified atom stereocenters. The Labute approximate surface area is 178 Å². The van der Waals surface area contributed by atoms with Gasteiger partial charge in [-0.15, -0.1) is 0 Å². The zero-order chi connectivity index (χ0) is 21.0. The van der Waals surface area contributed by atoms with Crippen molar-refractivity contribution >= 4 is 5.95 Å². The Morgan fingerprint density at radius 2 is 1.83 bits per heavy atom. The van der Waals surface area contributed by atoms with Crippen LogP contribution in [0, 0.1) is 11.8 Å². The highest BCUT2D eigenvalue weighted by Crippen LogP contribution is 2.42. The van der Waals surface area contributed by atoms with E-state index >= 15 is 0 Å². The van der Waals surface area contributed by atoms with Crippen LogP contribution in [0.1, 0.15) is 62.6 Å². The Hall–Kier alpha value is -2.78. The fourth-order valence-corrected chi connectivity index (χ4v) is 4.50. The minimum Gasteiger partial charge on any atom is -0.493 e. The first-order valence-corrected chi connectivity index (χ1v) is 10.8. The van der Waals surface area contributed by atoms with Crippen molar-refractivity contribution in [2.24, 2.45) is 5.73 Å². The molecule has 1 aromatic carbocycles. The van der Waals surface area contributed by atoms with E-state index in [1.54, 1.807) is 19.4 Å². The van der Waals surface area contributed by atoms with Crippen molar-refractivity contribution in [3.63, 3.8) is 0 Å². The summed E-state index contributed by atoms with van der Waals surface area (Å²) in [5.74, 6) is 8.57. The zero-order valence-corrected chi connectivity index (χ0v) is 17.6. The second kappa shape index (κ2) is 8.93. The first kappa shape index (κ1) is 20.5. The highest BCUT2D eigenvalue weighted by Gasteiger charge is 2.35. The third kappa shape index (κ3) is 4.52. The highest BCUT2D eigenvalue weighted by atomic mass is 16.5. The molecule has 1 heterocycles. The molecule has 0 aliphatic heterocycles. The van der Waals surface area contributed by atoms with E-state index in [1.807, 2.05) is 6.07 Å². The number of anilines is 1. The molecule has 6 heteroatoms. The molecular formula is C24H30N4O2. The van der Waals surface area contributed by atoms with E-state index in [9.17, 15) is 0 Å². The fraction of sp³-hybridized carbons (Fsp3) is 0.500. The summed E-state index contributed by atoms with van der Waals surface area (Å²) < 4.78 is 11.9. The molecule has 6 nitrogen and oxygen atoms in total. The van der Waals surface area contributed by atoms with Gasteiger partial charge in [0.2, 0.25) is 5.95 Å². The predicted octanol–water partition coefficient (Wildman–Crippen LogP) is 3.58. The van der Waals surface area contributed by atoms with Gasteiger partial charge in [-0.1, -0.05) is 12.0 Å². The normalized spacial score (nSPS) is 24.1. The van der Waals surface area contributed by atoms with E-state index in [2.05, 4.69) is 33.9 Å². The maximum Gasteiger partial charge on any atom is 0.221 e. The molecule has 2 saturated carbocycles. The standard InChI is InChI=1S/C24H30N4O2/c1-29-21-7-6-17(16-22(21)30-20-4-2-3-5-20)24(12-8-18(25)9-13-24)14-10-19-11-15-27-23(26)28-19/h6-7,11,15-16,18,20H,2-5,8-9,12-13,25H2,1H3,(H2,26,27,28). The molecule has 2 aliphatic carbocycles. The van der Waals surface area contributed by atoms with Crippen molar-refractivity contribution in [2.45, 2.75) is 68.9 Å². The molecule has 2 fully saturated rings. The molecule has 2 aliphatic rings. The molecular weight excluding hydrogens is 376 g/mol. The summed E-state index contributed by atoms with van der Waals surface area (Å²) in [4.78, 5) is 8.19. The molecule has 0 saturated heterocycles. The lowest BCUT2D eigenvalue weighted by Crippen LogP contribution is -2.36. The van der Waals surface area contributed by atoms with Crippen LogP contribution in [-0.2, 0) is 5.41 Å². The summed E-state index contributed by atoms with van der Waals surface area (Å²) in [5.41, 5.74) is 13.4.